The number of fused-ring (bicyclic) bond motifs is 2. The van der Waals surface area contributed by atoms with E-state index in [2.05, 4.69) is 6.92 Å². The van der Waals surface area contributed by atoms with E-state index >= 15 is 0 Å². The number of hydrogen-bond acceptors (Lipinski definition) is 5. The van der Waals surface area contributed by atoms with E-state index in [1.54, 1.807) is 23.1 Å². The lowest BCUT2D eigenvalue weighted by atomic mass is 10.0. The zero-order chi connectivity index (χ0) is 28.7. The minimum absolute atomic E-state index is 0.0922. The van der Waals surface area contributed by atoms with Crippen molar-refractivity contribution in [1.82, 2.24) is 13.8 Å². The molecule has 0 bridgehead atoms. The third-order valence-corrected chi connectivity index (χ3v) is 10.4. The summed E-state index contributed by atoms with van der Waals surface area (Å²) in [5, 5.41) is 0.931. The van der Waals surface area contributed by atoms with Gasteiger partial charge in [0.25, 0.3) is 5.91 Å². The zero-order valence-electron chi connectivity index (χ0n) is 23.6. The van der Waals surface area contributed by atoms with E-state index < -0.39 is 10.0 Å². The molecule has 0 radical (unpaired) electrons. The molecule has 3 aromatic rings. The van der Waals surface area contributed by atoms with Crippen LogP contribution in [0.3, 0.4) is 0 Å². The molecule has 2 amide bonds. The minimum atomic E-state index is -3.73. The number of piperidine rings is 1. The largest absolute Gasteiger partial charge is 0.379 e. The van der Waals surface area contributed by atoms with Gasteiger partial charge in [-0.3, -0.25) is 9.59 Å². The Kier molecular flexibility index (Phi) is 7.48. The number of ether oxygens (including phenoxy) is 1. The topological polar surface area (TPSA) is 92.2 Å². The molecular weight excluding hydrogens is 540 g/mol. The number of sulfonamides is 1. The molecule has 1 unspecified atom stereocenters. The van der Waals surface area contributed by atoms with Gasteiger partial charge < -0.3 is 19.1 Å². The molecule has 0 aliphatic carbocycles. The van der Waals surface area contributed by atoms with E-state index in [0.29, 0.717) is 49.7 Å². The summed E-state index contributed by atoms with van der Waals surface area (Å²) in [6, 6.07) is 13.0. The maximum Gasteiger partial charge on any atom is 0.258 e. The Hall–Kier alpha value is -3.47. The molecule has 9 nitrogen and oxygen atoms in total. The van der Waals surface area contributed by atoms with E-state index in [9.17, 15) is 18.0 Å². The second kappa shape index (κ2) is 11.1. The van der Waals surface area contributed by atoms with Gasteiger partial charge in [0.1, 0.15) is 6.54 Å². The molecule has 10 heteroatoms. The highest BCUT2D eigenvalue weighted by atomic mass is 32.2. The van der Waals surface area contributed by atoms with Crippen LogP contribution in [0.25, 0.3) is 22.6 Å². The van der Waals surface area contributed by atoms with Crippen LogP contribution in [-0.4, -0.2) is 79.4 Å². The number of morpholine rings is 1. The van der Waals surface area contributed by atoms with Crippen LogP contribution < -0.4 is 4.90 Å². The predicted molar refractivity (Wildman–Crippen MR) is 159 cm³/mol. The van der Waals surface area contributed by atoms with E-state index in [-0.39, 0.29) is 29.3 Å². The molecule has 3 aliphatic rings. The molecule has 0 N–H and O–H groups in total. The van der Waals surface area contributed by atoms with Crippen molar-refractivity contribution >= 4 is 50.1 Å². The third kappa shape index (κ3) is 4.98. The van der Waals surface area contributed by atoms with Crippen molar-refractivity contribution in [3.05, 3.63) is 59.8 Å². The Morgan fingerprint density at radius 3 is 2.61 bits per heavy atom. The van der Waals surface area contributed by atoms with Gasteiger partial charge in [-0.15, -0.1) is 0 Å². The summed E-state index contributed by atoms with van der Waals surface area (Å²) in [6.07, 6.45) is 6.97. The first-order valence-corrected chi connectivity index (χ1v) is 15.9. The average Bonchev–Trinajstić information content (AvgIpc) is 3.47. The maximum absolute atomic E-state index is 13.6. The van der Waals surface area contributed by atoms with Crippen LogP contribution in [-0.2, 0) is 30.9 Å². The van der Waals surface area contributed by atoms with Crippen molar-refractivity contribution in [2.24, 2.45) is 0 Å². The van der Waals surface area contributed by atoms with Crippen molar-refractivity contribution < 1.29 is 22.7 Å². The van der Waals surface area contributed by atoms with Gasteiger partial charge in [0.15, 0.2) is 0 Å². The van der Waals surface area contributed by atoms with Crippen molar-refractivity contribution in [2.45, 2.75) is 50.6 Å². The van der Waals surface area contributed by atoms with Gasteiger partial charge in [-0.2, -0.15) is 4.31 Å². The average molecular weight is 577 g/mol. The first kappa shape index (κ1) is 27.7. The molecule has 1 atom stereocenters. The molecule has 2 fully saturated rings. The van der Waals surface area contributed by atoms with E-state index in [4.69, 9.17) is 4.74 Å². The van der Waals surface area contributed by atoms with Crippen LogP contribution in [0.4, 0.5) is 5.69 Å². The fraction of sp³-hybridized carbons (Fsp3) is 0.419. The van der Waals surface area contributed by atoms with Crippen LogP contribution in [0.5, 0.6) is 0 Å². The highest BCUT2D eigenvalue weighted by Crippen LogP contribution is 2.40. The lowest BCUT2D eigenvalue weighted by Crippen LogP contribution is -2.43. The summed E-state index contributed by atoms with van der Waals surface area (Å²) in [5.74, 6) is -0.0759. The lowest BCUT2D eigenvalue weighted by molar-refractivity contribution is -0.135. The number of aromatic nitrogens is 1. The van der Waals surface area contributed by atoms with Crippen LogP contribution in [0.2, 0.25) is 0 Å². The molecule has 2 saturated heterocycles. The third-order valence-electron chi connectivity index (χ3n) is 8.50. The monoisotopic (exact) mass is 576 g/mol. The SMILES string of the molecule is CCN1C(=O)C(=Cc2cn(CC(=O)N3CCCCC3C)c3ccccc23)c2cc(S(=O)(=O)N3CCOCC3)ccc21. The molecule has 0 spiro atoms. The number of likely N-dealkylation sites (tertiary alicyclic amines) is 1. The van der Waals surface area contributed by atoms with Crippen molar-refractivity contribution in [2.75, 3.05) is 44.3 Å². The Balaban J connectivity index is 1.40. The van der Waals surface area contributed by atoms with Crippen molar-refractivity contribution in [3.8, 4) is 0 Å². The Morgan fingerprint density at radius 1 is 1.07 bits per heavy atom. The molecule has 2 aromatic carbocycles. The maximum atomic E-state index is 13.6. The normalized spacial score (nSPS) is 21.2. The molecular formula is C31H36N4O5S. The molecule has 0 saturated carbocycles. The molecule has 216 valence electrons. The van der Waals surface area contributed by atoms with Gasteiger partial charge in [-0.05, 0) is 63.5 Å². The van der Waals surface area contributed by atoms with Crippen LogP contribution >= 0.6 is 0 Å². The zero-order valence-corrected chi connectivity index (χ0v) is 24.4. The van der Waals surface area contributed by atoms with Gasteiger partial charge in [-0.25, -0.2) is 8.42 Å². The highest BCUT2D eigenvalue weighted by Gasteiger charge is 2.34. The fourth-order valence-corrected chi connectivity index (χ4v) is 7.70. The fourth-order valence-electron chi connectivity index (χ4n) is 6.27. The summed E-state index contributed by atoms with van der Waals surface area (Å²) in [7, 11) is -3.73. The first-order valence-electron chi connectivity index (χ1n) is 14.4. The van der Waals surface area contributed by atoms with E-state index in [1.165, 1.54) is 4.31 Å². The Labute approximate surface area is 241 Å². The van der Waals surface area contributed by atoms with Gasteiger partial charge in [0, 0.05) is 66.0 Å². The number of likely N-dealkylation sites (N-methyl/N-ethyl adjacent to an activating group) is 1. The number of rotatable bonds is 6. The number of hydrogen-bond donors (Lipinski definition) is 0. The second-order valence-electron chi connectivity index (χ2n) is 11.0. The molecule has 41 heavy (non-hydrogen) atoms. The summed E-state index contributed by atoms with van der Waals surface area (Å²) in [5.41, 5.74) is 3.47. The van der Waals surface area contributed by atoms with Crippen molar-refractivity contribution in [3.63, 3.8) is 0 Å². The minimum Gasteiger partial charge on any atom is -0.379 e. The number of amides is 2. The smallest absolute Gasteiger partial charge is 0.258 e. The van der Waals surface area contributed by atoms with Crippen molar-refractivity contribution in [1.29, 1.82) is 0 Å². The number of para-hydroxylation sites is 1. The summed E-state index contributed by atoms with van der Waals surface area (Å²) in [6.45, 7) is 6.81. The molecule has 4 heterocycles. The lowest BCUT2D eigenvalue weighted by Gasteiger charge is -2.33. The standard InChI is InChI=1S/C31H36N4O5S/c1-3-34-29-12-11-24(41(38,39)33-14-16-40-17-15-33)19-26(29)27(31(34)37)18-23-20-32(28-10-5-4-9-25(23)28)21-30(36)35-13-7-6-8-22(35)2/h4-5,9-12,18-20,22H,3,6-8,13-17,21H2,1-2H3. The van der Waals surface area contributed by atoms with Gasteiger partial charge >= 0.3 is 0 Å². The number of nitrogens with zero attached hydrogens (tertiary/aromatic N) is 4. The van der Waals surface area contributed by atoms with Gasteiger partial charge in [-0.1, -0.05) is 18.2 Å². The van der Waals surface area contributed by atoms with Gasteiger partial charge in [0.2, 0.25) is 15.9 Å². The number of carbonyl (C=O) groups excluding carboxylic acids is 2. The number of anilines is 1. The molecule has 6 rings (SSSR count). The van der Waals surface area contributed by atoms with E-state index in [1.807, 2.05) is 52.9 Å². The second-order valence-corrected chi connectivity index (χ2v) is 12.9. The predicted octanol–water partition coefficient (Wildman–Crippen LogP) is 3.97. The Morgan fingerprint density at radius 2 is 1.85 bits per heavy atom. The highest BCUT2D eigenvalue weighted by molar-refractivity contribution is 7.89. The number of carbonyl (C=O) groups is 2. The summed E-state index contributed by atoms with van der Waals surface area (Å²) >= 11 is 0. The van der Waals surface area contributed by atoms with Crippen LogP contribution in [0, 0.1) is 0 Å². The summed E-state index contributed by atoms with van der Waals surface area (Å²) < 4.78 is 35.6. The quantitative estimate of drug-likeness (QED) is 0.414. The first-order chi connectivity index (χ1) is 19.8. The number of benzene rings is 2. The molecule has 3 aliphatic heterocycles. The Bertz CT molecular complexity index is 1640. The van der Waals surface area contributed by atoms with Crippen LogP contribution in [0.1, 0.15) is 44.2 Å². The summed E-state index contributed by atoms with van der Waals surface area (Å²) in [4.78, 5) is 30.7. The van der Waals surface area contributed by atoms with Gasteiger partial charge in [0.05, 0.1) is 23.8 Å². The molecule has 1 aromatic heterocycles. The van der Waals surface area contributed by atoms with E-state index in [0.717, 1.165) is 42.3 Å². The van der Waals surface area contributed by atoms with Crippen LogP contribution in [0.15, 0.2) is 53.6 Å².